The van der Waals surface area contributed by atoms with Gasteiger partial charge in [0.05, 0.1) is 12.6 Å². The van der Waals surface area contributed by atoms with Gasteiger partial charge in [0.15, 0.2) is 0 Å². The monoisotopic (exact) mass is 301 g/mol. The quantitative estimate of drug-likeness (QED) is 0.806. The minimum Gasteiger partial charge on any atom is -0.394 e. The maximum Gasteiger partial charge on any atom is 0.244 e. The molecule has 1 heterocycles. The summed E-state index contributed by atoms with van der Waals surface area (Å²) in [4.78, 5) is 14.1. The molecule has 21 heavy (non-hydrogen) atoms. The van der Waals surface area contributed by atoms with Gasteiger partial charge >= 0.3 is 0 Å². The number of nitrogens with one attached hydrogen (secondary N) is 1. The van der Waals surface area contributed by atoms with Crippen LogP contribution in [0.3, 0.4) is 0 Å². The first-order valence-electron chi connectivity index (χ1n) is 6.87. The predicted octanol–water partition coefficient (Wildman–Crippen LogP) is 2.79. The van der Waals surface area contributed by atoms with Crippen LogP contribution in [-0.2, 0) is 11.2 Å². The Morgan fingerprint density at radius 1 is 1.29 bits per heavy atom. The number of hydrogen-bond donors (Lipinski definition) is 2. The molecule has 2 aromatic rings. The van der Waals surface area contributed by atoms with Crippen molar-refractivity contribution in [2.75, 3.05) is 6.61 Å². The highest BCUT2D eigenvalue weighted by molar-refractivity contribution is 7.12. The molecule has 1 unspecified atom stereocenters. The third-order valence-corrected chi connectivity index (χ3v) is 4.02. The Hall–Kier alpha value is -1.91. The van der Waals surface area contributed by atoms with Crippen molar-refractivity contribution in [2.45, 2.75) is 19.4 Å². The summed E-state index contributed by atoms with van der Waals surface area (Å²) >= 11 is 1.64. The highest BCUT2D eigenvalue weighted by Crippen LogP contribution is 2.16. The zero-order chi connectivity index (χ0) is 15.1. The Kier molecular flexibility index (Phi) is 5.72. The third-order valence-electron chi connectivity index (χ3n) is 3.05. The van der Waals surface area contributed by atoms with Crippen LogP contribution in [-0.4, -0.2) is 23.7 Å². The molecule has 0 saturated carbocycles. The van der Waals surface area contributed by atoms with Crippen LogP contribution in [0.15, 0.2) is 48.5 Å². The molecule has 1 aromatic carbocycles. The number of aliphatic hydroxyl groups is 1. The molecule has 3 nitrogen and oxygen atoms in total. The van der Waals surface area contributed by atoms with Crippen LogP contribution in [0.1, 0.15) is 15.3 Å². The molecule has 1 aromatic heterocycles. The zero-order valence-electron chi connectivity index (χ0n) is 12.0. The molecular weight excluding hydrogens is 282 g/mol. The second kappa shape index (κ2) is 7.76. The molecule has 0 aliphatic carbocycles. The lowest BCUT2D eigenvalue weighted by molar-refractivity contribution is -0.117. The molecule has 0 aliphatic heterocycles. The van der Waals surface area contributed by atoms with Gasteiger partial charge in [-0.1, -0.05) is 30.3 Å². The SMILES string of the molecule is Cc1ccc(C=CC(=O)NC(CO)Cc2ccccc2)s1. The van der Waals surface area contributed by atoms with Gasteiger partial charge in [0.1, 0.15) is 0 Å². The Labute approximate surface area is 128 Å². The van der Waals surface area contributed by atoms with Gasteiger partial charge in [-0.2, -0.15) is 0 Å². The number of aryl methyl sites for hydroxylation is 1. The lowest BCUT2D eigenvalue weighted by Gasteiger charge is -2.15. The van der Waals surface area contributed by atoms with Gasteiger partial charge in [0, 0.05) is 15.8 Å². The molecule has 1 amide bonds. The minimum absolute atomic E-state index is 0.0768. The Balaban J connectivity index is 1.89. The first-order valence-corrected chi connectivity index (χ1v) is 7.69. The first-order chi connectivity index (χ1) is 10.2. The zero-order valence-corrected chi connectivity index (χ0v) is 12.8. The van der Waals surface area contributed by atoms with E-state index in [1.54, 1.807) is 17.4 Å². The minimum atomic E-state index is -0.269. The average Bonchev–Trinajstić information content (AvgIpc) is 2.91. The molecule has 1 atom stereocenters. The first kappa shape index (κ1) is 15.5. The van der Waals surface area contributed by atoms with E-state index in [4.69, 9.17) is 0 Å². The summed E-state index contributed by atoms with van der Waals surface area (Å²) in [5.41, 5.74) is 1.09. The third kappa shape index (κ3) is 5.17. The second-order valence-electron chi connectivity index (χ2n) is 4.86. The summed E-state index contributed by atoms with van der Waals surface area (Å²) in [6.07, 6.45) is 3.93. The van der Waals surface area contributed by atoms with Crippen molar-refractivity contribution in [1.82, 2.24) is 5.32 Å². The highest BCUT2D eigenvalue weighted by atomic mass is 32.1. The normalized spacial score (nSPS) is 12.5. The van der Waals surface area contributed by atoms with Crippen molar-refractivity contribution in [3.8, 4) is 0 Å². The van der Waals surface area contributed by atoms with Crippen molar-refractivity contribution in [3.05, 3.63) is 63.9 Å². The van der Waals surface area contributed by atoms with Crippen LogP contribution in [0.4, 0.5) is 0 Å². The van der Waals surface area contributed by atoms with Gasteiger partial charge in [-0.05, 0) is 37.1 Å². The van der Waals surface area contributed by atoms with Gasteiger partial charge in [-0.15, -0.1) is 11.3 Å². The second-order valence-corrected chi connectivity index (χ2v) is 6.18. The van der Waals surface area contributed by atoms with Crippen molar-refractivity contribution in [2.24, 2.45) is 0 Å². The van der Waals surface area contributed by atoms with E-state index in [0.29, 0.717) is 6.42 Å². The predicted molar refractivity (Wildman–Crippen MR) is 87.3 cm³/mol. The standard InChI is InChI=1S/C17H19NO2S/c1-13-7-8-16(21-13)9-10-17(20)18-15(12-19)11-14-5-3-2-4-6-14/h2-10,15,19H,11-12H2,1H3,(H,18,20). The van der Waals surface area contributed by atoms with E-state index >= 15 is 0 Å². The molecule has 2 N–H and O–H groups in total. The summed E-state index contributed by atoms with van der Waals surface area (Å²) in [5, 5.41) is 12.2. The molecule has 110 valence electrons. The number of hydrogen-bond acceptors (Lipinski definition) is 3. The van der Waals surface area contributed by atoms with E-state index in [0.717, 1.165) is 10.4 Å². The maximum atomic E-state index is 11.9. The topological polar surface area (TPSA) is 49.3 Å². The molecule has 0 bridgehead atoms. The van der Waals surface area contributed by atoms with Crippen molar-refractivity contribution >= 4 is 23.3 Å². The van der Waals surface area contributed by atoms with E-state index in [1.165, 1.54) is 11.0 Å². The highest BCUT2D eigenvalue weighted by Gasteiger charge is 2.10. The molecule has 0 saturated heterocycles. The van der Waals surface area contributed by atoms with Crippen LogP contribution >= 0.6 is 11.3 Å². The van der Waals surface area contributed by atoms with Crippen LogP contribution in [0.2, 0.25) is 0 Å². The largest absolute Gasteiger partial charge is 0.394 e. The van der Waals surface area contributed by atoms with E-state index < -0.39 is 0 Å². The Morgan fingerprint density at radius 3 is 2.67 bits per heavy atom. The smallest absolute Gasteiger partial charge is 0.244 e. The van der Waals surface area contributed by atoms with Crippen LogP contribution < -0.4 is 5.32 Å². The van der Waals surface area contributed by atoms with Crippen molar-refractivity contribution < 1.29 is 9.90 Å². The molecule has 0 spiro atoms. The van der Waals surface area contributed by atoms with Gasteiger partial charge in [-0.25, -0.2) is 0 Å². The number of carbonyl (C=O) groups excluding carboxylic acids is 1. The fraction of sp³-hybridized carbons (Fsp3) is 0.235. The number of benzene rings is 1. The Morgan fingerprint density at radius 2 is 2.05 bits per heavy atom. The molecule has 0 radical (unpaired) electrons. The maximum absolute atomic E-state index is 11.9. The van der Waals surface area contributed by atoms with Gasteiger partial charge in [0.2, 0.25) is 5.91 Å². The van der Waals surface area contributed by atoms with Crippen molar-refractivity contribution in [1.29, 1.82) is 0 Å². The fourth-order valence-electron chi connectivity index (χ4n) is 2.01. The molecule has 4 heteroatoms. The summed E-state index contributed by atoms with van der Waals surface area (Å²) in [5.74, 6) is -0.184. The lowest BCUT2D eigenvalue weighted by atomic mass is 10.1. The van der Waals surface area contributed by atoms with Crippen molar-refractivity contribution in [3.63, 3.8) is 0 Å². The summed E-state index contributed by atoms with van der Waals surface area (Å²) < 4.78 is 0. The molecular formula is C17H19NO2S. The van der Waals surface area contributed by atoms with Gasteiger partial charge < -0.3 is 10.4 Å². The molecule has 0 aliphatic rings. The van der Waals surface area contributed by atoms with Crippen LogP contribution in [0, 0.1) is 6.92 Å². The summed E-state index contributed by atoms with van der Waals surface area (Å²) in [7, 11) is 0. The van der Waals surface area contributed by atoms with Crippen LogP contribution in [0.25, 0.3) is 6.08 Å². The average molecular weight is 301 g/mol. The fourth-order valence-corrected chi connectivity index (χ4v) is 2.79. The molecule has 0 fully saturated rings. The van der Waals surface area contributed by atoms with E-state index in [-0.39, 0.29) is 18.6 Å². The van der Waals surface area contributed by atoms with E-state index in [1.807, 2.05) is 49.4 Å². The summed E-state index contributed by atoms with van der Waals surface area (Å²) in [6.45, 7) is 1.95. The number of aliphatic hydroxyl groups excluding tert-OH is 1. The number of amides is 1. The van der Waals surface area contributed by atoms with E-state index in [2.05, 4.69) is 5.32 Å². The number of carbonyl (C=O) groups is 1. The van der Waals surface area contributed by atoms with Crippen LogP contribution in [0.5, 0.6) is 0 Å². The Bertz CT molecular complexity index is 604. The lowest BCUT2D eigenvalue weighted by Crippen LogP contribution is -2.38. The van der Waals surface area contributed by atoms with E-state index in [9.17, 15) is 9.90 Å². The number of rotatable bonds is 6. The van der Waals surface area contributed by atoms with Gasteiger partial charge in [-0.3, -0.25) is 4.79 Å². The summed E-state index contributed by atoms with van der Waals surface area (Å²) in [6, 6.07) is 13.6. The molecule has 2 rings (SSSR count). The van der Waals surface area contributed by atoms with Gasteiger partial charge in [0.25, 0.3) is 0 Å². The number of thiophene rings is 1.